The van der Waals surface area contributed by atoms with Crippen molar-refractivity contribution < 1.29 is 4.39 Å². The molecule has 1 rings (SSSR count). The summed E-state index contributed by atoms with van der Waals surface area (Å²) >= 11 is 0. The zero-order chi connectivity index (χ0) is 13.5. The Morgan fingerprint density at radius 3 is 2.33 bits per heavy atom. The SMILES string of the molecule is CCCC(CCC)C(NN)c1cc(F)ccc1C. The molecule has 0 spiro atoms. The molecule has 1 aromatic rings. The normalized spacial score (nSPS) is 13.0. The first kappa shape index (κ1) is 15.1. The molecule has 0 heterocycles. The highest BCUT2D eigenvalue weighted by molar-refractivity contribution is 5.30. The van der Waals surface area contributed by atoms with Gasteiger partial charge in [0.05, 0.1) is 0 Å². The van der Waals surface area contributed by atoms with Gasteiger partial charge < -0.3 is 0 Å². The molecular formula is C15H25FN2. The molecule has 0 radical (unpaired) electrons. The maximum atomic E-state index is 13.4. The highest BCUT2D eigenvalue weighted by Gasteiger charge is 2.22. The molecule has 0 aliphatic heterocycles. The van der Waals surface area contributed by atoms with Gasteiger partial charge in [0.15, 0.2) is 0 Å². The fourth-order valence-corrected chi connectivity index (χ4v) is 2.65. The Morgan fingerprint density at radius 1 is 1.22 bits per heavy atom. The molecule has 3 heteroatoms. The maximum absolute atomic E-state index is 13.4. The van der Waals surface area contributed by atoms with Gasteiger partial charge in [-0.3, -0.25) is 11.3 Å². The zero-order valence-corrected chi connectivity index (χ0v) is 11.7. The van der Waals surface area contributed by atoms with Gasteiger partial charge in [0.25, 0.3) is 0 Å². The number of nitrogens with two attached hydrogens (primary N) is 1. The molecule has 0 aliphatic carbocycles. The highest BCUT2D eigenvalue weighted by Crippen LogP contribution is 2.31. The van der Waals surface area contributed by atoms with E-state index in [1.807, 2.05) is 13.0 Å². The van der Waals surface area contributed by atoms with E-state index in [0.29, 0.717) is 5.92 Å². The average molecular weight is 252 g/mol. The summed E-state index contributed by atoms with van der Waals surface area (Å²) in [5.41, 5.74) is 4.97. The van der Waals surface area contributed by atoms with E-state index < -0.39 is 0 Å². The summed E-state index contributed by atoms with van der Waals surface area (Å²) < 4.78 is 13.4. The van der Waals surface area contributed by atoms with Crippen molar-refractivity contribution in [2.75, 3.05) is 0 Å². The highest BCUT2D eigenvalue weighted by atomic mass is 19.1. The lowest BCUT2D eigenvalue weighted by Crippen LogP contribution is -2.34. The Balaban J connectivity index is 3.01. The molecule has 102 valence electrons. The minimum atomic E-state index is -0.192. The van der Waals surface area contributed by atoms with Crippen LogP contribution in [0.1, 0.15) is 56.7 Å². The van der Waals surface area contributed by atoms with E-state index in [2.05, 4.69) is 19.3 Å². The monoisotopic (exact) mass is 252 g/mol. The molecule has 2 nitrogen and oxygen atoms in total. The lowest BCUT2D eigenvalue weighted by Gasteiger charge is -2.28. The Bertz CT molecular complexity index is 360. The van der Waals surface area contributed by atoms with Crippen LogP contribution < -0.4 is 11.3 Å². The summed E-state index contributed by atoms with van der Waals surface area (Å²) in [6.07, 6.45) is 4.46. The van der Waals surface area contributed by atoms with Gasteiger partial charge in [-0.25, -0.2) is 4.39 Å². The van der Waals surface area contributed by atoms with Crippen molar-refractivity contribution in [3.8, 4) is 0 Å². The van der Waals surface area contributed by atoms with Gasteiger partial charge in [0.2, 0.25) is 0 Å². The van der Waals surface area contributed by atoms with Crippen LogP contribution in [0.4, 0.5) is 4.39 Å². The number of rotatable bonds is 7. The van der Waals surface area contributed by atoms with Crippen LogP contribution in [-0.4, -0.2) is 0 Å². The first-order valence-corrected chi connectivity index (χ1v) is 6.86. The Kier molecular flexibility index (Phi) is 6.30. The first-order valence-electron chi connectivity index (χ1n) is 6.86. The molecule has 0 saturated carbocycles. The van der Waals surface area contributed by atoms with E-state index in [1.54, 1.807) is 6.07 Å². The molecule has 0 saturated heterocycles. The third-order valence-electron chi connectivity index (χ3n) is 3.55. The van der Waals surface area contributed by atoms with Gasteiger partial charge in [-0.2, -0.15) is 0 Å². The predicted molar refractivity (Wildman–Crippen MR) is 74.5 cm³/mol. The van der Waals surface area contributed by atoms with E-state index in [1.165, 1.54) is 6.07 Å². The number of hydrazine groups is 1. The van der Waals surface area contributed by atoms with Crippen molar-refractivity contribution in [3.05, 3.63) is 35.1 Å². The lowest BCUT2D eigenvalue weighted by atomic mass is 9.85. The summed E-state index contributed by atoms with van der Waals surface area (Å²) in [4.78, 5) is 0. The second-order valence-electron chi connectivity index (χ2n) is 4.98. The van der Waals surface area contributed by atoms with Crippen molar-refractivity contribution >= 4 is 0 Å². The molecule has 18 heavy (non-hydrogen) atoms. The zero-order valence-electron chi connectivity index (χ0n) is 11.7. The quantitative estimate of drug-likeness (QED) is 0.571. The number of hydrogen-bond acceptors (Lipinski definition) is 2. The van der Waals surface area contributed by atoms with E-state index >= 15 is 0 Å². The van der Waals surface area contributed by atoms with Crippen molar-refractivity contribution in [1.29, 1.82) is 0 Å². The molecule has 0 fully saturated rings. The van der Waals surface area contributed by atoms with Gasteiger partial charge >= 0.3 is 0 Å². The van der Waals surface area contributed by atoms with E-state index in [0.717, 1.165) is 36.8 Å². The summed E-state index contributed by atoms with van der Waals surface area (Å²) in [5.74, 6) is 5.98. The number of nitrogens with one attached hydrogen (secondary N) is 1. The predicted octanol–water partition coefficient (Wildman–Crippen LogP) is 3.85. The van der Waals surface area contributed by atoms with Crippen LogP contribution in [0.3, 0.4) is 0 Å². The number of aryl methyl sites for hydroxylation is 1. The van der Waals surface area contributed by atoms with E-state index in [4.69, 9.17) is 5.84 Å². The molecule has 0 bridgehead atoms. The molecule has 0 amide bonds. The molecule has 3 N–H and O–H groups in total. The standard InChI is InChI=1S/C15H25FN2/c1-4-6-12(7-5-2)15(18-17)14-10-13(16)9-8-11(14)3/h8-10,12,15,18H,4-7,17H2,1-3H3. The molecule has 1 atom stereocenters. The van der Waals surface area contributed by atoms with Crippen LogP contribution in [0.2, 0.25) is 0 Å². The summed E-state index contributed by atoms with van der Waals surface area (Å²) in [6.45, 7) is 6.36. The summed E-state index contributed by atoms with van der Waals surface area (Å²) in [5, 5.41) is 0. The second kappa shape index (κ2) is 7.49. The number of benzene rings is 1. The first-order chi connectivity index (χ1) is 8.63. The topological polar surface area (TPSA) is 38.0 Å². The number of halogens is 1. The van der Waals surface area contributed by atoms with Crippen molar-refractivity contribution in [1.82, 2.24) is 5.43 Å². The largest absolute Gasteiger partial charge is 0.271 e. The van der Waals surface area contributed by atoms with Gasteiger partial charge in [-0.05, 0) is 48.9 Å². The van der Waals surface area contributed by atoms with Crippen molar-refractivity contribution in [2.45, 2.75) is 52.5 Å². The fourth-order valence-electron chi connectivity index (χ4n) is 2.65. The third kappa shape index (κ3) is 3.79. The van der Waals surface area contributed by atoms with Gasteiger partial charge in [0, 0.05) is 6.04 Å². The van der Waals surface area contributed by atoms with Crippen LogP contribution in [0, 0.1) is 18.7 Å². The third-order valence-corrected chi connectivity index (χ3v) is 3.55. The summed E-state index contributed by atoms with van der Waals surface area (Å²) in [6, 6.07) is 4.98. The molecule has 0 aliphatic rings. The van der Waals surface area contributed by atoms with Crippen molar-refractivity contribution in [2.24, 2.45) is 11.8 Å². The van der Waals surface area contributed by atoms with Gasteiger partial charge in [0.1, 0.15) is 5.82 Å². The van der Waals surface area contributed by atoms with Crippen LogP contribution in [-0.2, 0) is 0 Å². The van der Waals surface area contributed by atoms with E-state index in [-0.39, 0.29) is 11.9 Å². The van der Waals surface area contributed by atoms with E-state index in [9.17, 15) is 4.39 Å². The van der Waals surface area contributed by atoms with Crippen LogP contribution in [0.15, 0.2) is 18.2 Å². The molecular weight excluding hydrogens is 227 g/mol. The average Bonchev–Trinajstić information content (AvgIpc) is 2.35. The Morgan fingerprint density at radius 2 is 1.83 bits per heavy atom. The van der Waals surface area contributed by atoms with Crippen LogP contribution in [0.25, 0.3) is 0 Å². The Labute approximate surface area is 110 Å². The minimum absolute atomic E-state index is 0.0422. The molecule has 0 aromatic heterocycles. The van der Waals surface area contributed by atoms with Gasteiger partial charge in [-0.1, -0.05) is 32.8 Å². The minimum Gasteiger partial charge on any atom is -0.271 e. The smallest absolute Gasteiger partial charge is 0.123 e. The van der Waals surface area contributed by atoms with Gasteiger partial charge in [-0.15, -0.1) is 0 Å². The lowest BCUT2D eigenvalue weighted by molar-refractivity contribution is 0.317. The van der Waals surface area contributed by atoms with Crippen molar-refractivity contribution in [3.63, 3.8) is 0 Å². The maximum Gasteiger partial charge on any atom is 0.123 e. The number of hydrogen-bond donors (Lipinski definition) is 2. The molecule has 1 unspecified atom stereocenters. The molecule has 1 aromatic carbocycles. The Hall–Kier alpha value is -0.930. The van der Waals surface area contributed by atoms with Crippen LogP contribution >= 0.6 is 0 Å². The van der Waals surface area contributed by atoms with Crippen LogP contribution in [0.5, 0.6) is 0 Å². The second-order valence-corrected chi connectivity index (χ2v) is 4.98. The fraction of sp³-hybridized carbons (Fsp3) is 0.600. The summed E-state index contributed by atoms with van der Waals surface area (Å²) in [7, 11) is 0.